The maximum Gasteiger partial charge on any atom is 0.334 e. The first-order valence-corrected chi connectivity index (χ1v) is 9.67. The number of fused-ring (bicyclic) bond motifs is 3. The van der Waals surface area contributed by atoms with Crippen LogP contribution >= 0.6 is 0 Å². The molecule has 7 unspecified atom stereocenters. The van der Waals surface area contributed by atoms with E-state index < -0.39 is 59.9 Å². The van der Waals surface area contributed by atoms with E-state index in [1.807, 2.05) is 0 Å². The molecule has 2 aliphatic carbocycles. The van der Waals surface area contributed by atoms with Crippen LogP contribution in [0, 0.1) is 23.7 Å². The molecule has 8 nitrogen and oxygen atoms in total. The largest absolute Gasteiger partial charge is 0.465 e. The molecule has 3 fully saturated rings. The Morgan fingerprint density at radius 2 is 1.66 bits per heavy atom. The van der Waals surface area contributed by atoms with Crippen molar-refractivity contribution in [3.63, 3.8) is 0 Å². The highest BCUT2D eigenvalue weighted by Gasteiger charge is 2.62. The highest BCUT2D eigenvalue weighted by molar-refractivity contribution is 5.91. The Bertz CT molecular complexity index is 769. The van der Waals surface area contributed by atoms with E-state index in [1.54, 1.807) is 0 Å². The van der Waals surface area contributed by atoms with Crippen LogP contribution in [0.2, 0.25) is 0 Å². The third kappa shape index (κ3) is 3.93. The van der Waals surface area contributed by atoms with Crippen molar-refractivity contribution in [3.05, 3.63) is 24.3 Å². The van der Waals surface area contributed by atoms with Crippen LogP contribution in [-0.2, 0) is 38.1 Å². The molecule has 0 aromatic carbocycles. The Labute approximate surface area is 169 Å². The minimum atomic E-state index is -0.853. The zero-order valence-electron chi connectivity index (χ0n) is 16.8. The third-order valence-electron chi connectivity index (χ3n) is 6.07. The fourth-order valence-corrected chi connectivity index (χ4v) is 5.03. The molecule has 1 aliphatic heterocycles. The highest BCUT2D eigenvalue weighted by Crippen LogP contribution is 2.54. The summed E-state index contributed by atoms with van der Waals surface area (Å²) in [5, 5.41) is 0. The van der Waals surface area contributed by atoms with E-state index in [0.717, 1.165) is 5.57 Å². The molecular formula is C21H26O8. The number of hydrogen-bond acceptors (Lipinski definition) is 8. The second kappa shape index (κ2) is 8.00. The van der Waals surface area contributed by atoms with Gasteiger partial charge in [-0.15, -0.1) is 0 Å². The fourth-order valence-electron chi connectivity index (χ4n) is 5.03. The van der Waals surface area contributed by atoms with Crippen molar-refractivity contribution in [3.8, 4) is 0 Å². The van der Waals surface area contributed by atoms with Crippen LogP contribution in [0.5, 0.6) is 0 Å². The average Bonchev–Trinajstić information content (AvgIpc) is 2.99. The van der Waals surface area contributed by atoms with Crippen LogP contribution in [0.1, 0.15) is 33.6 Å². The Morgan fingerprint density at radius 3 is 2.24 bits per heavy atom. The van der Waals surface area contributed by atoms with Crippen LogP contribution in [0.25, 0.3) is 0 Å². The quantitative estimate of drug-likeness (QED) is 0.301. The Balaban J connectivity index is 2.07. The lowest BCUT2D eigenvalue weighted by atomic mass is 9.78. The van der Waals surface area contributed by atoms with E-state index in [4.69, 9.17) is 18.9 Å². The predicted molar refractivity (Wildman–Crippen MR) is 99.1 cm³/mol. The second-order valence-electron chi connectivity index (χ2n) is 7.92. The van der Waals surface area contributed by atoms with Crippen molar-refractivity contribution < 1.29 is 38.1 Å². The van der Waals surface area contributed by atoms with Crippen molar-refractivity contribution >= 4 is 23.9 Å². The summed E-state index contributed by atoms with van der Waals surface area (Å²) in [5.74, 6) is -3.58. The van der Waals surface area contributed by atoms with Gasteiger partial charge in [0, 0.05) is 50.0 Å². The van der Waals surface area contributed by atoms with Gasteiger partial charge in [0.1, 0.15) is 18.3 Å². The second-order valence-corrected chi connectivity index (χ2v) is 7.92. The number of hydrogen-bond donors (Lipinski definition) is 0. The van der Waals surface area contributed by atoms with Crippen LogP contribution in [0.3, 0.4) is 0 Å². The van der Waals surface area contributed by atoms with Crippen LogP contribution in [0.15, 0.2) is 24.3 Å². The van der Waals surface area contributed by atoms with E-state index in [2.05, 4.69) is 13.2 Å². The average molecular weight is 406 g/mol. The maximum absolute atomic E-state index is 12.2. The van der Waals surface area contributed by atoms with E-state index in [9.17, 15) is 19.2 Å². The molecule has 0 radical (unpaired) electrons. The van der Waals surface area contributed by atoms with Gasteiger partial charge in [-0.3, -0.25) is 14.4 Å². The summed E-state index contributed by atoms with van der Waals surface area (Å²) in [6.07, 6.45) is -0.983. The van der Waals surface area contributed by atoms with Crippen molar-refractivity contribution in [1.29, 1.82) is 0 Å². The molecule has 1 saturated heterocycles. The molecular weight excluding hydrogens is 380 g/mol. The first-order chi connectivity index (χ1) is 13.6. The SMILES string of the molecule is C=C1C(=O)OC2C1CCC(=C)C1C(OC(C)=O)C(OC(C)=O)C(COC(C)=O)C21. The molecule has 29 heavy (non-hydrogen) atoms. The maximum atomic E-state index is 12.2. The molecule has 1 heterocycles. The number of carbonyl (C=O) groups is 4. The van der Waals surface area contributed by atoms with E-state index in [0.29, 0.717) is 18.4 Å². The Morgan fingerprint density at radius 1 is 1.03 bits per heavy atom. The summed E-state index contributed by atoms with van der Waals surface area (Å²) in [4.78, 5) is 47.3. The molecule has 2 saturated carbocycles. The first kappa shape index (κ1) is 21.1. The summed E-state index contributed by atoms with van der Waals surface area (Å²) in [5.41, 5.74) is 1.22. The summed E-state index contributed by atoms with van der Waals surface area (Å²) >= 11 is 0. The van der Waals surface area contributed by atoms with Gasteiger partial charge in [0.2, 0.25) is 0 Å². The summed E-state index contributed by atoms with van der Waals surface area (Å²) in [7, 11) is 0. The van der Waals surface area contributed by atoms with E-state index >= 15 is 0 Å². The number of ether oxygens (including phenoxy) is 4. The molecule has 0 N–H and O–H groups in total. The fraction of sp³-hybridized carbons (Fsp3) is 0.619. The summed E-state index contributed by atoms with van der Waals surface area (Å²) < 4.78 is 22.0. The summed E-state index contributed by atoms with van der Waals surface area (Å²) in [6, 6.07) is 0. The molecule has 8 heteroatoms. The molecule has 0 bridgehead atoms. The van der Waals surface area contributed by atoms with Crippen molar-refractivity contribution in [2.24, 2.45) is 23.7 Å². The lowest BCUT2D eigenvalue weighted by molar-refractivity contribution is -0.169. The van der Waals surface area contributed by atoms with Gasteiger partial charge in [0.25, 0.3) is 0 Å². The van der Waals surface area contributed by atoms with Crippen LogP contribution < -0.4 is 0 Å². The normalized spacial score (nSPS) is 35.8. The monoisotopic (exact) mass is 406 g/mol. The van der Waals surface area contributed by atoms with E-state index in [-0.39, 0.29) is 12.5 Å². The number of esters is 4. The number of carbonyl (C=O) groups excluding carboxylic acids is 4. The molecule has 0 aromatic rings. The molecule has 0 spiro atoms. The van der Waals surface area contributed by atoms with Gasteiger partial charge in [0.15, 0.2) is 0 Å². The van der Waals surface area contributed by atoms with Crippen molar-refractivity contribution in [2.75, 3.05) is 6.61 Å². The zero-order chi connectivity index (χ0) is 21.5. The summed E-state index contributed by atoms with van der Waals surface area (Å²) in [6.45, 7) is 11.8. The van der Waals surface area contributed by atoms with Gasteiger partial charge in [-0.25, -0.2) is 4.79 Å². The first-order valence-electron chi connectivity index (χ1n) is 9.67. The predicted octanol–water partition coefficient (Wildman–Crippen LogP) is 1.72. The van der Waals surface area contributed by atoms with Crippen LogP contribution in [-0.4, -0.2) is 48.8 Å². The van der Waals surface area contributed by atoms with Crippen molar-refractivity contribution in [1.82, 2.24) is 0 Å². The van der Waals surface area contributed by atoms with Gasteiger partial charge < -0.3 is 18.9 Å². The van der Waals surface area contributed by atoms with Gasteiger partial charge in [0.05, 0.1) is 6.61 Å². The van der Waals surface area contributed by atoms with Crippen molar-refractivity contribution in [2.45, 2.75) is 51.9 Å². The Hall–Kier alpha value is -2.64. The minimum absolute atomic E-state index is 0.0628. The minimum Gasteiger partial charge on any atom is -0.465 e. The smallest absolute Gasteiger partial charge is 0.334 e. The van der Waals surface area contributed by atoms with Gasteiger partial charge >= 0.3 is 23.9 Å². The molecule has 0 amide bonds. The van der Waals surface area contributed by atoms with E-state index in [1.165, 1.54) is 20.8 Å². The third-order valence-corrected chi connectivity index (χ3v) is 6.07. The highest BCUT2D eigenvalue weighted by atomic mass is 16.6. The molecule has 0 aromatic heterocycles. The lowest BCUT2D eigenvalue weighted by Crippen LogP contribution is -2.39. The van der Waals surface area contributed by atoms with Crippen LogP contribution in [0.4, 0.5) is 0 Å². The molecule has 158 valence electrons. The molecule has 3 rings (SSSR count). The Kier molecular flexibility index (Phi) is 5.82. The standard InChI is InChI=1S/C21H26O8/c1-9-6-7-14-10(2)21(25)29-18(14)17-15(8-26-11(3)22)19(27-12(4)23)20(16(9)17)28-13(5)24/h14-20H,1-2,6-8H2,3-5H3. The van der Waals surface area contributed by atoms with Gasteiger partial charge in [-0.05, 0) is 12.8 Å². The van der Waals surface area contributed by atoms with Gasteiger partial charge in [-0.2, -0.15) is 0 Å². The zero-order valence-corrected chi connectivity index (χ0v) is 16.8. The van der Waals surface area contributed by atoms with Gasteiger partial charge in [-0.1, -0.05) is 18.7 Å². The lowest BCUT2D eigenvalue weighted by Gasteiger charge is -2.30. The number of rotatable bonds is 4. The molecule has 7 atom stereocenters. The molecule has 3 aliphatic rings. The topological polar surface area (TPSA) is 105 Å².